The monoisotopic (exact) mass is 258 g/mol. The predicted molar refractivity (Wildman–Crippen MR) is 85.9 cm³/mol. The van der Waals surface area contributed by atoms with Crippen LogP contribution in [0.2, 0.25) is 0 Å². The Kier molecular flexibility index (Phi) is 9.25. The SMILES string of the molecule is CC.CC.COc1ccc(-c2ccc(C)cc2)cc1. The van der Waals surface area contributed by atoms with Gasteiger partial charge in [0.2, 0.25) is 0 Å². The van der Waals surface area contributed by atoms with E-state index in [0.29, 0.717) is 0 Å². The first-order chi connectivity index (χ1) is 9.29. The zero-order chi connectivity index (χ0) is 14.7. The second-order valence-electron chi connectivity index (χ2n) is 3.59. The molecule has 0 radical (unpaired) electrons. The van der Waals surface area contributed by atoms with Crippen LogP contribution in [0.3, 0.4) is 0 Å². The minimum atomic E-state index is 0.894. The molecule has 0 atom stereocenters. The summed E-state index contributed by atoms with van der Waals surface area (Å²) in [5, 5.41) is 0. The summed E-state index contributed by atoms with van der Waals surface area (Å²) in [5.74, 6) is 0.894. The number of rotatable bonds is 2. The van der Waals surface area contributed by atoms with Crippen LogP contribution in [0, 0.1) is 6.92 Å². The van der Waals surface area contributed by atoms with Crippen LogP contribution in [0.4, 0.5) is 0 Å². The lowest BCUT2D eigenvalue weighted by Crippen LogP contribution is -1.82. The summed E-state index contributed by atoms with van der Waals surface area (Å²) in [6.07, 6.45) is 0. The van der Waals surface area contributed by atoms with Crippen LogP contribution in [-0.2, 0) is 0 Å². The summed E-state index contributed by atoms with van der Waals surface area (Å²) in [6.45, 7) is 10.1. The fraction of sp³-hybridized carbons (Fsp3) is 0.333. The highest BCUT2D eigenvalue weighted by molar-refractivity contribution is 5.64. The summed E-state index contributed by atoms with van der Waals surface area (Å²) in [5.41, 5.74) is 3.74. The first-order valence-corrected chi connectivity index (χ1v) is 7.01. The quantitative estimate of drug-likeness (QED) is 0.669. The number of ether oxygens (including phenoxy) is 1. The maximum absolute atomic E-state index is 5.12. The van der Waals surface area contributed by atoms with Crippen molar-refractivity contribution in [2.45, 2.75) is 34.6 Å². The molecule has 0 bridgehead atoms. The lowest BCUT2D eigenvalue weighted by molar-refractivity contribution is 0.415. The number of hydrogen-bond acceptors (Lipinski definition) is 1. The Bertz CT molecular complexity index is 426. The molecule has 2 aromatic carbocycles. The highest BCUT2D eigenvalue weighted by Crippen LogP contribution is 2.22. The topological polar surface area (TPSA) is 9.23 Å². The minimum absolute atomic E-state index is 0.894. The molecule has 0 heterocycles. The maximum Gasteiger partial charge on any atom is 0.118 e. The van der Waals surface area contributed by atoms with Crippen LogP contribution in [0.15, 0.2) is 48.5 Å². The Hall–Kier alpha value is -1.76. The van der Waals surface area contributed by atoms with Crippen LogP contribution in [0.1, 0.15) is 33.3 Å². The van der Waals surface area contributed by atoms with Gasteiger partial charge in [0.05, 0.1) is 7.11 Å². The molecule has 0 N–H and O–H groups in total. The van der Waals surface area contributed by atoms with Gasteiger partial charge in [-0.15, -0.1) is 0 Å². The molecule has 104 valence electrons. The van der Waals surface area contributed by atoms with Crippen molar-refractivity contribution >= 4 is 0 Å². The minimum Gasteiger partial charge on any atom is -0.497 e. The average molecular weight is 258 g/mol. The molecule has 0 saturated carbocycles. The van der Waals surface area contributed by atoms with Gasteiger partial charge in [0.25, 0.3) is 0 Å². The molecular weight excluding hydrogens is 232 g/mol. The third-order valence-corrected chi connectivity index (χ3v) is 2.47. The van der Waals surface area contributed by atoms with Gasteiger partial charge in [0, 0.05) is 0 Å². The van der Waals surface area contributed by atoms with E-state index in [-0.39, 0.29) is 0 Å². The largest absolute Gasteiger partial charge is 0.497 e. The van der Waals surface area contributed by atoms with Crippen molar-refractivity contribution in [2.24, 2.45) is 0 Å². The van der Waals surface area contributed by atoms with Gasteiger partial charge in [0.1, 0.15) is 5.75 Å². The fourth-order valence-corrected chi connectivity index (χ4v) is 1.53. The predicted octanol–water partition coefficient (Wildman–Crippen LogP) is 5.72. The lowest BCUT2D eigenvalue weighted by Gasteiger charge is -2.03. The smallest absolute Gasteiger partial charge is 0.118 e. The lowest BCUT2D eigenvalue weighted by atomic mass is 10.0. The van der Waals surface area contributed by atoms with Gasteiger partial charge in [-0.25, -0.2) is 0 Å². The van der Waals surface area contributed by atoms with Crippen molar-refractivity contribution in [3.05, 3.63) is 54.1 Å². The van der Waals surface area contributed by atoms with Gasteiger partial charge in [-0.2, -0.15) is 0 Å². The molecule has 0 spiro atoms. The second-order valence-corrected chi connectivity index (χ2v) is 3.59. The van der Waals surface area contributed by atoms with E-state index in [0.717, 1.165) is 5.75 Å². The van der Waals surface area contributed by atoms with E-state index in [1.807, 2.05) is 39.8 Å². The molecule has 0 aliphatic carbocycles. The van der Waals surface area contributed by atoms with Crippen LogP contribution in [0.5, 0.6) is 5.75 Å². The molecule has 0 amide bonds. The molecule has 0 aromatic heterocycles. The molecular formula is C18H26O. The number of benzene rings is 2. The van der Waals surface area contributed by atoms with Crippen molar-refractivity contribution < 1.29 is 4.74 Å². The zero-order valence-electron chi connectivity index (χ0n) is 13.0. The van der Waals surface area contributed by atoms with E-state index >= 15 is 0 Å². The van der Waals surface area contributed by atoms with Crippen LogP contribution in [-0.4, -0.2) is 7.11 Å². The van der Waals surface area contributed by atoms with Gasteiger partial charge < -0.3 is 4.74 Å². The molecule has 1 nitrogen and oxygen atoms in total. The molecule has 0 unspecified atom stereocenters. The van der Waals surface area contributed by atoms with E-state index in [1.165, 1.54) is 16.7 Å². The highest BCUT2D eigenvalue weighted by Gasteiger charge is 1.97. The highest BCUT2D eigenvalue weighted by atomic mass is 16.5. The van der Waals surface area contributed by atoms with Crippen LogP contribution in [0.25, 0.3) is 11.1 Å². The Morgan fingerprint density at radius 1 is 0.632 bits per heavy atom. The molecule has 19 heavy (non-hydrogen) atoms. The summed E-state index contributed by atoms with van der Waals surface area (Å²) < 4.78 is 5.12. The molecule has 0 fully saturated rings. The fourth-order valence-electron chi connectivity index (χ4n) is 1.53. The summed E-state index contributed by atoms with van der Waals surface area (Å²) in [4.78, 5) is 0. The summed E-state index contributed by atoms with van der Waals surface area (Å²) >= 11 is 0. The van der Waals surface area contributed by atoms with Crippen LogP contribution >= 0.6 is 0 Å². The first kappa shape index (κ1) is 17.2. The molecule has 0 saturated heterocycles. The average Bonchev–Trinajstić information content (AvgIpc) is 2.52. The van der Waals surface area contributed by atoms with Gasteiger partial charge in [0.15, 0.2) is 0 Å². The van der Waals surface area contributed by atoms with Gasteiger partial charge in [-0.3, -0.25) is 0 Å². The van der Waals surface area contributed by atoms with Crippen molar-refractivity contribution in [3.63, 3.8) is 0 Å². The van der Waals surface area contributed by atoms with Crippen molar-refractivity contribution in [3.8, 4) is 16.9 Å². The normalized spacial score (nSPS) is 8.53. The van der Waals surface area contributed by atoms with Crippen molar-refractivity contribution in [2.75, 3.05) is 7.11 Å². The Morgan fingerprint density at radius 2 is 1.00 bits per heavy atom. The number of hydrogen-bond donors (Lipinski definition) is 0. The molecule has 2 aromatic rings. The molecule has 1 heteroatoms. The third kappa shape index (κ3) is 5.60. The standard InChI is InChI=1S/C14H14O.2C2H6/c1-11-3-5-12(6-4-11)13-7-9-14(15-2)10-8-13;2*1-2/h3-10H,1-2H3;2*1-2H3. The Labute approximate surface area is 118 Å². The summed E-state index contributed by atoms with van der Waals surface area (Å²) in [7, 11) is 1.68. The van der Waals surface area contributed by atoms with Gasteiger partial charge in [-0.05, 0) is 30.2 Å². The third-order valence-electron chi connectivity index (χ3n) is 2.47. The van der Waals surface area contributed by atoms with E-state index in [2.05, 4.69) is 43.3 Å². The van der Waals surface area contributed by atoms with E-state index < -0.39 is 0 Å². The molecule has 2 rings (SSSR count). The molecule has 0 aliphatic heterocycles. The number of aryl methyl sites for hydroxylation is 1. The van der Waals surface area contributed by atoms with E-state index in [4.69, 9.17) is 4.74 Å². The van der Waals surface area contributed by atoms with E-state index in [9.17, 15) is 0 Å². The van der Waals surface area contributed by atoms with Crippen molar-refractivity contribution in [1.82, 2.24) is 0 Å². The molecule has 0 aliphatic rings. The summed E-state index contributed by atoms with van der Waals surface area (Å²) in [6, 6.07) is 16.6. The van der Waals surface area contributed by atoms with Crippen molar-refractivity contribution in [1.29, 1.82) is 0 Å². The maximum atomic E-state index is 5.12. The van der Waals surface area contributed by atoms with Crippen LogP contribution < -0.4 is 4.74 Å². The Balaban J connectivity index is 0.000000741. The Morgan fingerprint density at radius 3 is 1.37 bits per heavy atom. The van der Waals surface area contributed by atoms with Gasteiger partial charge in [-0.1, -0.05) is 69.7 Å². The van der Waals surface area contributed by atoms with Gasteiger partial charge >= 0.3 is 0 Å². The second kappa shape index (κ2) is 10.2. The zero-order valence-corrected chi connectivity index (χ0v) is 13.0. The van der Waals surface area contributed by atoms with E-state index in [1.54, 1.807) is 7.11 Å². The number of methoxy groups -OCH3 is 1. The first-order valence-electron chi connectivity index (χ1n) is 7.01.